The van der Waals surface area contributed by atoms with Gasteiger partial charge in [0.2, 0.25) is 0 Å². The van der Waals surface area contributed by atoms with E-state index in [1.807, 2.05) is 0 Å². The van der Waals surface area contributed by atoms with Crippen molar-refractivity contribution in [3.8, 4) is 0 Å². The van der Waals surface area contributed by atoms with E-state index in [2.05, 4.69) is 0 Å². The van der Waals surface area contributed by atoms with Crippen molar-refractivity contribution in [3.05, 3.63) is 0 Å². The largest absolute Gasteiger partial charge is 0.394 e. The third kappa shape index (κ3) is 7.71. The first kappa shape index (κ1) is 28.7. The summed E-state index contributed by atoms with van der Waals surface area (Å²) in [5.41, 5.74) is 0. The molecule has 10 unspecified atom stereocenters. The summed E-state index contributed by atoms with van der Waals surface area (Å²) >= 11 is 0. The predicted octanol–water partition coefficient (Wildman–Crippen LogP) is -5.10. The Morgan fingerprint density at radius 2 is 1.27 bits per heavy atom. The number of rotatable bonds is 14. The molecule has 0 spiro atoms. The zero-order valence-electron chi connectivity index (χ0n) is 18.2. The van der Waals surface area contributed by atoms with E-state index < -0.39 is 67.8 Å². The number of aliphatic hydroxyl groups is 8. The highest BCUT2D eigenvalue weighted by molar-refractivity contribution is 4.94. The van der Waals surface area contributed by atoms with Crippen LogP contribution in [0.1, 0.15) is 0 Å². The van der Waals surface area contributed by atoms with Crippen LogP contribution in [0.25, 0.3) is 0 Å². The zero-order chi connectivity index (χ0) is 24.4. The topological polar surface area (TPSA) is 217 Å². The van der Waals surface area contributed by atoms with Crippen LogP contribution in [-0.2, 0) is 28.4 Å². The van der Waals surface area contributed by atoms with Crippen LogP contribution in [0.5, 0.6) is 0 Å². The van der Waals surface area contributed by atoms with E-state index >= 15 is 0 Å². The number of hydrogen-bond donors (Lipinski definition) is 8. The van der Waals surface area contributed by atoms with Crippen molar-refractivity contribution >= 4 is 0 Å². The summed E-state index contributed by atoms with van der Waals surface area (Å²) in [7, 11) is 0. The quantitative estimate of drug-likeness (QED) is 0.107. The molecule has 14 heteroatoms. The molecular weight excluding hydrogens is 452 g/mol. The molecule has 0 aromatic rings. The number of hydrogen-bond acceptors (Lipinski definition) is 14. The summed E-state index contributed by atoms with van der Waals surface area (Å²) in [4.78, 5) is 0. The summed E-state index contributed by atoms with van der Waals surface area (Å²) in [5, 5.41) is 78.6. The molecule has 0 radical (unpaired) electrons. The van der Waals surface area contributed by atoms with Crippen molar-refractivity contribution in [2.24, 2.45) is 5.92 Å². The second-order valence-electron chi connectivity index (χ2n) is 7.68. The first-order valence-electron chi connectivity index (χ1n) is 10.8. The minimum absolute atomic E-state index is 0.0180. The molecule has 2 rings (SSSR count). The Morgan fingerprint density at radius 3 is 1.88 bits per heavy atom. The highest BCUT2D eigenvalue weighted by Gasteiger charge is 2.51. The van der Waals surface area contributed by atoms with E-state index in [-0.39, 0.29) is 52.9 Å². The fourth-order valence-corrected chi connectivity index (χ4v) is 3.76. The molecule has 2 aliphatic heterocycles. The average Bonchev–Trinajstić information content (AvgIpc) is 2.80. The Labute approximate surface area is 190 Å². The van der Waals surface area contributed by atoms with Gasteiger partial charge in [-0.25, -0.2) is 0 Å². The Bertz CT molecular complexity index is 527. The summed E-state index contributed by atoms with van der Waals surface area (Å²) in [5.74, 6) is -0.931. The molecule has 0 bridgehead atoms. The van der Waals surface area contributed by atoms with E-state index in [1.54, 1.807) is 0 Å². The number of aliphatic hydroxyl groups excluding tert-OH is 8. The van der Waals surface area contributed by atoms with Gasteiger partial charge in [0.15, 0.2) is 12.6 Å². The molecule has 10 atom stereocenters. The second-order valence-corrected chi connectivity index (χ2v) is 7.68. The van der Waals surface area contributed by atoms with Gasteiger partial charge in [0, 0.05) is 5.92 Å². The van der Waals surface area contributed by atoms with Gasteiger partial charge >= 0.3 is 0 Å². The molecule has 0 aromatic heterocycles. The van der Waals surface area contributed by atoms with E-state index in [0.717, 1.165) is 0 Å². The molecule has 8 N–H and O–H groups in total. The minimum Gasteiger partial charge on any atom is -0.394 e. The standard InChI is InChI=1S/C19H36O14/c20-1-4-28-8-10-13(24)12(9-29-5-2-21)32-19(14(10)25)33-16-11(7-23)31-18(27)17(15(16)26)30-6-3-22/h10-27H,1-9H2. The molecule has 2 saturated heterocycles. The third-order valence-electron chi connectivity index (χ3n) is 5.42. The van der Waals surface area contributed by atoms with Crippen LogP contribution in [0.2, 0.25) is 0 Å². The summed E-state index contributed by atoms with van der Waals surface area (Å²) < 4.78 is 32.4. The Kier molecular flexibility index (Phi) is 12.8. The van der Waals surface area contributed by atoms with Crippen molar-refractivity contribution < 1.29 is 69.3 Å². The first-order chi connectivity index (χ1) is 15.9. The molecule has 0 amide bonds. The molecule has 0 saturated carbocycles. The maximum Gasteiger partial charge on any atom is 0.185 e. The molecular formula is C19H36O14. The van der Waals surface area contributed by atoms with E-state index in [9.17, 15) is 25.5 Å². The molecule has 196 valence electrons. The lowest BCUT2D eigenvalue weighted by Crippen LogP contribution is -2.64. The van der Waals surface area contributed by atoms with Crippen molar-refractivity contribution in [2.45, 2.75) is 55.3 Å². The number of ether oxygens (including phenoxy) is 6. The minimum atomic E-state index is -1.61. The van der Waals surface area contributed by atoms with Gasteiger partial charge in [-0.05, 0) is 0 Å². The van der Waals surface area contributed by atoms with Crippen molar-refractivity contribution in [1.29, 1.82) is 0 Å². The highest BCUT2D eigenvalue weighted by atomic mass is 16.7. The van der Waals surface area contributed by atoms with Crippen LogP contribution in [0.3, 0.4) is 0 Å². The van der Waals surface area contributed by atoms with Gasteiger partial charge in [0.05, 0.1) is 65.6 Å². The van der Waals surface area contributed by atoms with E-state index in [4.69, 9.17) is 43.7 Å². The average molecular weight is 488 g/mol. The van der Waals surface area contributed by atoms with Gasteiger partial charge in [0.1, 0.15) is 36.6 Å². The van der Waals surface area contributed by atoms with Gasteiger partial charge < -0.3 is 69.3 Å². The van der Waals surface area contributed by atoms with E-state index in [1.165, 1.54) is 0 Å². The predicted molar refractivity (Wildman–Crippen MR) is 106 cm³/mol. The van der Waals surface area contributed by atoms with Gasteiger partial charge in [0.25, 0.3) is 0 Å². The normalized spacial score (nSPS) is 39.6. The molecule has 0 aromatic carbocycles. The summed E-state index contributed by atoms with van der Waals surface area (Å²) in [6, 6.07) is 0. The maximum atomic E-state index is 10.8. The Hall–Kier alpha value is -0.560. The lowest BCUT2D eigenvalue weighted by atomic mass is 9.89. The van der Waals surface area contributed by atoms with Crippen molar-refractivity contribution in [2.75, 3.05) is 59.5 Å². The van der Waals surface area contributed by atoms with Crippen LogP contribution < -0.4 is 0 Å². The van der Waals surface area contributed by atoms with Gasteiger partial charge in [-0.3, -0.25) is 0 Å². The van der Waals surface area contributed by atoms with Crippen molar-refractivity contribution in [1.82, 2.24) is 0 Å². The molecule has 2 heterocycles. The fourth-order valence-electron chi connectivity index (χ4n) is 3.76. The van der Waals surface area contributed by atoms with Gasteiger partial charge in [-0.15, -0.1) is 0 Å². The molecule has 33 heavy (non-hydrogen) atoms. The van der Waals surface area contributed by atoms with Crippen LogP contribution >= 0.6 is 0 Å². The maximum absolute atomic E-state index is 10.8. The summed E-state index contributed by atoms with van der Waals surface area (Å²) in [6.45, 7) is -2.11. The summed E-state index contributed by atoms with van der Waals surface area (Å²) in [6.07, 6.45) is -12.1. The van der Waals surface area contributed by atoms with Gasteiger partial charge in [-0.1, -0.05) is 0 Å². The molecule has 2 aliphatic rings. The van der Waals surface area contributed by atoms with Crippen LogP contribution in [0.15, 0.2) is 0 Å². The van der Waals surface area contributed by atoms with Crippen molar-refractivity contribution in [3.63, 3.8) is 0 Å². The van der Waals surface area contributed by atoms with Crippen LogP contribution in [0, 0.1) is 5.92 Å². The first-order valence-corrected chi connectivity index (χ1v) is 10.8. The van der Waals surface area contributed by atoms with Gasteiger partial charge in [-0.2, -0.15) is 0 Å². The second kappa shape index (κ2) is 14.8. The molecule has 0 aliphatic carbocycles. The molecule has 14 nitrogen and oxygen atoms in total. The fraction of sp³-hybridized carbons (Fsp3) is 1.00. The van der Waals surface area contributed by atoms with Crippen LogP contribution in [0.4, 0.5) is 0 Å². The monoisotopic (exact) mass is 488 g/mol. The Morgan fingerprint density at radius 1 is 0.636 bits per heavy atom. The van der Waals surface area contributed by atoms with Crippen LogP contribution in [-0.4, -0.2) is 156 Å². The molecule has 2 fully saturated rings. The smallest absolute Gasteiger partial charge is 0.185 e. The SMILES string of the molecule is OCCOCC1OC(OC2C(CO)OC(O)C(OCCO)C2O)C(O)C(COCCO)C1O. The highest BCUT2D eigenvalue weighted by Crippen LogP contribution is 2.32. The van der Waals surface area contributed by atoms with E-state index in [0.29, 0.717) is 0 Å². The third-order valence-corrected chi connectivity index (χ3v) is 5.42. The lowest BCUT2D eigenvalue weighted by molar-refractivity contribution is -0.356. The Balaban J connectivity index is 2.17. The lowest BCUT2D eigenvalue weighted by Gasteiger charge is -2.47. The zero-order valence-corrected chi connectivity index (χ0v) is 18.2.